The van der Waals surface area contributed by atoms with Crippen LogP contribution in [0.4, 0.5) is 0 Å². The van der Waals surface area contributed by atoms with E-state index in [1.165, 1.54) is 10.9 Å². The third-order valence-corrected chi connectivity index (χ3v) is 3.06. The van der Waals surface area contributed by atoms with Crippen LogP contribution in [0.3, 0.4) is 0 Å². The van der Waals surface area contributed by atoms with Crippen molar-refractivity contribution < 1.29 is 14.6 Å². The Labute approximate surface area is 111 Å². The first-order chi connectivity index (χ1) is 8.93. The number of aromatic carboxylic acids is 1. The van der Waals surface area contributed by atoms with Crippen molar-refractivity contribution in [3.8, 4) is 17.0 Å². The summed E-state index contributed by atoms with van der Waals surface area (Å²) >= 11 is 0. The summed E-state index contributed by atoms with van der Waals surface area (Å²) in [5.41, 5.74) is 3.39. The lowest BCUT2D eigenvalue weighted by Crippen LogP contribution is -1.99. The van der Waals surface area contributed by atoms with Gasteiger partial charge in [0.1, 0.15) is 17.0 Å². The Morgan fingerprint density at radius 3 is 2.58 bits per heavy atom. The summed E-state index contributed by atoms with van der Waals surface area (Å²) in [7, 11) is 3.33. The van der Waals surface area contributed by atoms with E-state index in [2.05, 4.69) is 5.10 Å². The molecule has 0 aliphatic carbocycles. The average Bonchev–Trinajstić information content (AvgIpc) is 2.73. The van der Waals surface area contributed by atoms with Crippen LogP contribution in [0.15, 0.2) is 18.3 Å². The smallest absolute Gasteiger partial charge is 0.339 e. The lowest BCUT2D eigenvalue weighted by Gasteiger charge is -2.10. The highest BCUT2D eigenvalue weighted by molar-refractivity contribution is 5.95. The molecular weight excluding hydrogens is 244 g/mol. The van der Waals surface area contributed by atoms with Crippen molar-refractivity contribution >= 4 is 5.97 Å². The van der Waals surface area contributed by atoms with Crippen molar-refractivity contribution in [2.24, 2.45) is 7.05 Å². The summed E-state index contributed by atoms with van der Waals surface area (Å²) in [6.07, 6.45) is 1.51. The van der Waals surface area contributed by atoms with Gasteiger partial charge in [-0.3, -0.25) is 4.68 Å². The molecule has 0 amide bonds. The standard InChI is InChI=1S/C14H16N2O3/c1-8-6-12(19-4)9(2)5-10(8)13-11(14(17)18)7-16(3)15-13/h5-7H,1-4H3,(H,17,18). The van der Waals surface area contributed by atoms with E-state index < -0.39 is 5.97 Å². The molecule has 2 rings (SSSR count). The number of methoxy groups -OCH3 is 1. The topological polar surface area (TPSA) is 64.4 Å². The lowest BCUT2D eigenvalue weighted by atomic mass is 9.99. The van der Waals surface area contributed by atoms with Gasteiger partial charge >= 0.3 is 5.97 Å². The number of carboxylic acids is 1. The van der Waals surface area contributed by atoms with E-state index in [4.69, 9.17) is 4.74 Å². The van der Waals surface area contributed by atoms with Gasteiger partial charge < -0.3 is 9.84 Å². The zero-order valence-corrected chi connectivity index (χ0v) is 11.4. The van der Waals surface area contributed by atoms with E-state index in [0.29, 0.717) is 5.69 Å². The Kier molecular flexibility index (Phi) is 3.29. The Morgan fingerprint density at radius 2 is 2.00 bits per heavy atom. The first-order valence-corrected chi connectivity index (χ1v) is 5.86. The molecule has 0 fully saturated rings. The molecule has 5 nitrogen and oxygen atoms in total. The lowest BCUT2D eigenvalue weighted by molar-refractivity contribution is 0.0697. The predicted octanol–water partition coefficient (Wildman–Crippen LogP) is 2.41. The Balaban J connectivity index is 2.65. The van der Waals surface area contributed by atoms with Crippen LogP contribution in [-0.2, 0) is 7.05 Å². The molecule has 1 aromatic heterocycles. The number of aromatic nitrogens is 2. The van der Waals surface area contributed by atoms with Gasteiger partial charge in [-0.25, -0.2) is 4.79 Å². The van der Waals surface area contributed by atoms with Crippen molar-refractivity contribution in [2.45, 2.75) is 13.8 Å². The number of carboxylic acid groups (broad SMARTS) is 1. The van der Waals surface area contributed by atoms with E-state index in [0.717, 1.165) is 22.4 Å². The van der Waals surface area contributed by atoms with Gasteiger partial charge in [0.25, 0.3) is 0 Å². The van der Waals surface area contributed by atoms with Gasteiger partial charge in [-0.15, -0.1) is 0 Å². The average molecular weight is 260 g/mol. The van der Waals surface area contributed by atoms with E-state index in [1.807, 2.05) is 26.0 Å². The van der Waals surface area contributed by atoms with Gasteiger partial charge in [-0.1, -0.05) is 0 Å². The third-order valence-electron chi connectivity index (χ3n) is 3.06. The van der Waals surface area contributed by atoms with Gasteiger partial charge in [0.05, 0.1) is 7.11 Å². The predicted molar refractivity (Wildman–Crippen MR) is 71.6 cm³/mol. The maximum absolute atomic E-state index is 11.2. The molecule has 1 heterocycles. The first-order valence-electron chi connectivity index (χ1n) is 5.86. The number of nitrogens with zero attached hydrogens (tertiary/aromatic N) is 2. The van der Waals surface area contributed by atoms with E-state index >= 15 is 0 Å². The summed E-state index contributed by atoms with van der Waals surface area (Å²) in [5.74, 6) is -0.190. The van der Waals surface area contributed by atoms with Gasteiger partial charge in [0, 0.05) is 18.8 Å². The molecule has 0 unspecified atom stereocenters. The molecule has 0 aliphatic heterocycles. The SMILES string of the molecule is COc1cc(C)c(-c2nn(C)cc2C(=O)O)cc1C. The van der Waals surface area contributed by atoms with Gasteiger partial charge in [0.15, 0.2) is 0 Å². The molecule has 1 N–H and O–H groups in total. The molecule has 19 heavy (non-hydrogen) atoms. The maximum atomic E-state index is 11.2. The number of hydrogen-bond donors (Lipinski definition) is 1. The van der Waals surface area contributed by atoms with Crippen LogP contribution in [0, 0.1) is 13.8 Å². The minimum Gasteiger partial charge on any atom is -0.496 e. The van der Waals surface area contributed by atoms with Gasteiger partial charge in [-0.05, 0) is 37.1 Å². The Bertz CT molecular complexity index is 644. The number of carbonyl (C=O) groups is 1. The second-order valence-corrected chi connectivity index (χ2v) is 4.51. The second kappa shape index (κ2) is 4.76. The van der Waals surface area contributed by atoms with E-state index in [1.54, 1.807) is 14.2 Å². The summed E-state index contributed by atoms with van der Waals surface area (Å²) in [6, 6.07) is 3.80. The number of hydrogen-bond acceptors (Lipinski definition) is 3. The molecule has 5 heteroatoms. The summed E-state index contributed by atoms with van der Waals surface area (Å²) in [5, 5.41) is 13.5. The highest BCUT2D eigenvalue weighted by Crippen LogP contribution is 2.31. The zero-order chi connectivity index (χ0) is 14.2. The second-order valence-electron chi connectivity index (χ2n) is 4.51. The molecule has 1 aromatic carbocycles. The van der Waals surface area contributed by atoms with Crippen LogP contribution >= 0.6 is 0 Å². The van der Waals surface area contributed by atoms with Crippen molar-refractivity contribution in [3.05, 3.63) is 35.0 Å². The van der Waals surface area contributed by atoms with E-state index in [-0.39, 0.29) is 5.56 Å². The van der Waals surface area contributed by atoms with Crippen LogP contribution < -0.4 is 4.74 Å². The largest absolute Gasteiger partial charge is 0.496 e. The van der Waals surface area contributed by atoms with Crippen molar-refractivity contribution in [1.82, 2.24) is 9.78 Å². The zero-order valence-electron chi connectivity index (χ0n) is 11.4. The van der Waals surface area contributed by atoms with Crippen LogP contribution in [0.25, 0.3) is 11.3 Å². The fourth-order valence-corrected chi connectivity index (χ4v) is 2.11. The van der Waals surface area contributed by atoms with Crippen molar-refractivity contribution in [1.29, 1.82) is 0 Å². The number of benzene rings is 1. The normalized spacial score (nSPS) is 10.5. The number of rotatable bonds is 3. The summed E-state index contributed by atoms with van der Waals surface area (Å²) in [4.78, 5) is 11.2. The Morgan fingerprint density at radius 1 is 1.32 bits per heavy atom. The molecule has 0 radical (unpaired) electrons. The quantitative estimate of drug-likeness (QED) is 0.920. The first kappa shape index (κ1) is 13.1. The van der Waals surface area contributed by atoms with Crippen molar-refractivity contribution in [3.63, 3.8) is 0 Å². The molecule has 100 valence electrons. The Hall–Kier alpha value is -2.30. The van der Waals surface area contributed by atoms with Crippen molar-refractivity contribution in [2.75, 3.05) is 7.11 Å². The summed E-state index contributed by atoms with van der Waals surface area (Å²) < 4.78 is 6.77. The van der Waals surface area contributed by atoms with Crippen LogP contribution in [0.2, 0.25) is 0 Å². The van der Waals surface area contributed by atoms with Gasteiger partial charge in [-0.2, -0.15) is 5.10 Å². The maximum Gasteiger partial charge on any atom is 0.339 e. The van der Waals surface area contributed by atoms with Crippen LogP contribution in [-0.4, -0.2) is 28.0 Å². The fraction of sp³-hybridized carbons (Fsp3) is 0.286. The monoisotopic (exact) mass is 260 g/mol. The number of aryl methyl sites for hydroxylation is 3. The highest BCUT2D eigenvalue weighted by Gasteiger charge is 2.18. The molecule has 0 saturated heterocycles. The minimum atomic E-state index is -0.976. The number of ether oxygens (including phenoxy) is 1. The third kappa shape index (κ3) is 2.31. The van der Waals surface area contributed by atoms with Crippen LogP contribution in [0.5, 0.6) is 5.75 Å². The molecular formula is C14H16N2O3. The molecule has 2 aromatic rings. The molecule has 0 atom stereocenters. The molecule has 0 aliphatic rings. The fourth-order valence-electron chi connectivity index (χ4n) is 2.11. The molecule has 0 saturated carbocycles. The van der Waals surface area contributed by atoms with Gasteiger partial charge in [0.2, 0.25) is 0 Å². The molecule has 0 bridgehead atoms. The summed E-state index contributed by atoms with van der Waals surface area (Å²) in [6.45, 7) is 3.84. The minimum absolute atomic E-state index is 0.204. The van der Waals surface area contributed by atoms with Crippen LogP contribution in [0.1, 0.15) is 21.5 Å². The highest BCUT2D eigenvalue weighted by atomic mass is 16.5. The molecule has 0 spiro atoms. The van der Waals surface area contributed by atoms with E-state index in [9.17, 15) is 9.90 Å².